The van der Waals surface area contributed by atoms with Gasteiger partial charge in [0.05, 0.1) is 6.61 Å². The van der Waals surface area contributed by atoms with Crippen molar-refractivity contribution < 1.29 is 38.7 Å². The van der Waals surface area contributed by atoms with Crippen LogP contribution in [0.1, 0.15) is 13.2 Å². The van der Waals surface area contributed by atoms with E-state index in [1.54, 1.807) is 0 Å². The number of hydrogen-bond donors (Lipinski definition) is 5. The second kappa shape index (κ2) is 7.61. The third-order valence-electron chi connectivity index (χ3n) is 3.02. The van der Waals surface area contributed by atoms with Gasteiger partial charge in [0.1, 0.15) is 18.0 Å². The molecule has 0 spiro atoms. The summed E-state index contributed by atoms with van der Waals surface area (Å²) in [6.45, 7) is 0.409. The highest BCUT2D eigenvalue weighted by Crippen LogP contribution is 2.41. The Hall–Kier alpha value is -2.15. The maximum atomic E-state index is 13.7. The molecule has 1 aromatic heterocycles. The number of aliphatic hydroxyl groups is 3. The van der Waals surface area contributed by atoms with E-state index < -0.39 is 48.7 Å². The Morgan fingerprint density at radius 2 is 2.12 bits per heavy atom. The summed E-state index contributed by atoms with van der Waals surface area (Å²) >= 11 is 0. The van der Waals surface area contributed by atoms with Gasteiger partial charge in [0.2, 0.25) is 6.23 Å². The van der Waals surface area contributed by atoms with Gasteiger partial charge < -0.3 is 30.9 Å². The maximum absolute atomic E-state index is 13.7. The fourth-order valence-electron chi connectivity index (χ4n) is 1.72. The Kier molecular flexibility index (Phi) is 6.31. The number of halogens is 2. The molecule has 0 radical (unpaired) electrons. The van der Waals surface area contributed by atoms with Gasteiger partial charge in [-0.2, -0.15) is 13.8 Å². The van der Waals surface area contributed by atoms with Crippen LogP contribution in [-0.4, -0.2) is 66.8 Å². The van der Waals surface area contributed by atoms with Crippen molar-refractivity contribution in [2.24, 2.45) is 0 Å². The quantitative estimate of drug-likeness (QED) is 0.419. The van der Waals surface area contributed by atoms with E-state index in [4.69, 9.17) is 25.8 Å². The van der Waals surface area contributed by atoms with E-state index in [0.29, 0.717) is 4.57 Å². The van der Waals surface area contributed by atoms with Crippen molar-refractivity contribution in [2.75, 3.05) is 12.3 Å². The molecule has 0 bridgehead atoms. The third-order valence-corrected chi connectivity index (χ3v) is 3.02. The van der Waals surface area contributed by atoms with E-state index in [1.807, 2.05) is 0 Å². The molecule has 0 saturated carbocycles. The van der Waals surface area contributed by atoms with Gasteiger partial charge in [-0.15, -0.1) is 0 Å². The van der Waals surface area contributed by atoms with Crippen molar-refractivity contribution >= 4 is 11.8 Å². The number of carbonyl (C=O) groups is 1. The number of nitrogens with zero attached hydrogens (tertiary/aromatic N) is 2. The van der Waals surface area contributed by atoms with Crippen molar-refractivity contribution in [3.05, 3.63) is 22.7 Å². The zero-order valence-electron chi connectivity index (χ0n) is 12.4. The van der Waals surface area contributed by atoms with Crippen molar-refractivity contribution in [3.63, 3.8) is 0 Å². The number of carboxylic acids is 1. The molecule has 2 rings (SSSR count). The van der Waals surface area contributed by atoms with Crippen LogP contribution in [0.4, 0.5) is 14.6 Å². The molecule has 1 aliphatic rings. The van der Waals surface area contributed by atoms with Gasteiger partial charge in [0, 0.05) is 6.20 Å². The van der Waals surface area contributed by atoms with Gasteiger partial charge in [0.15, 0.2) is 6.10 Å². The lowest BCUT2D eigenvalue weighted by molar-refractivity contribution is -0.145. The topological polar surface area (TPSA) is 168 Å². The van der Waals surface area contributed by atoms with Crippen molar-refractivity contribution in [1.82, 2.24) is 9.55 Å². The van der Waals surface area contributed by atoms with Crippen LogP contribution in [0.15, 0.2) is 17.1 Å². The first-order valence-electron chi connectivity index (χ1n) is 6.60. The fraction of sp³-hybridized carbons (Fsp3) is 0.583. The normalized spacial score (nSPS) is 26.3. The summed E-state index contributed by atoms with van der Waals surface area (Å²) in [6, 6.07) is 1.15. The molecule has 1 unspecified atom stereocenters. The molecular weight excluding hydrogens is 336 g/mol. The van der Waals surface area contributed by atoms with Crippen molar-refractivity contribution in [3.8, 4) is 0 Å². The van der Waals surface area contributed by atoms with Gasteiger partial charge in [0.25, 0.3) is 0 Å². The van der Waals surface area contributed by atoms with E-state index >= 15 is 0 Å². The Labute approximate surface area is 133 Å². The largest absolute Gasteiger partial charge is 0.479 e. The number of rotatable bonds is 3. The Balaban J connectivity index is 0.000000413. The molecule has 0 aliphatic carbocycles. The first kappa shape index (κ1) is 19.9. The highest BCUT2D eigenvalue weighted by atomic mass is 19.3. The van der Waals surface area contributed by atoms with Crippen LogP contribution >= 0.6 is 0 Å². The summed E-state index contributed by atoms with van der Waals surface area (Å²) in [6.07, 6.45) is -5.92. The van der Waals surface area contributed by atoms with Crippen molar-refractivity contribution in [1.29, 1.82) is 0 Å². The van der Waals surface area contributed by atoms with Gasteiger partial charge >= 0.3 is 17.6 Å². The summed E-state index contributed by atoms with van der Waals surface area (Å²) in [5, 5.41) is 33.9. The predicted octanol–water partition coefficient (Wildman–Crippen LogP) is -1.84. The number of nitrogen functional groups attached to an aromatic ring is 1. The van der Waals surface area contributed by atoms with Crippen LogP contribution in [0.5, 0.6) is 0 Å². The van der Waals surface area contributed by atoms with E-state index in [9.17, 15) is 23.5 Å². The number of alkyl halides is 2. The molecule has 1 saturated heterocycles. The number of nitrogens with two attached hydrogens (primary N) is 1. The zero-order valence-corrected chi connectivity index (χ0v) is 12.4. The van der Waals surface area contributed by atoms with E-state index in [0.717, 1.165) is 12.3 Å². The number of carboxylic acid groups (broad SMARTS) is 1. The minimum Gasteiger partial charge on any atom is -0.479 e. The molecule has 12 heteroatoms. The highest BCUT2D eigenvalue weighted by molar-refractivity contribution is 5.71. The van der Waals surface area contributed by atoms with Gasteiger partial charge in [-0.3, -0.25) is 4.57 Å². The molecule has 0 amide bonds. The second-order valence-electron chi connectivity index (χ2n) is 4.89. The summed E-state index contributed by atoms with van der Waals surface area (Å²) < 4.78 is 32.7. The smallest absolute Gasteiger partial charge is 0.351 e. The molecule has 6 N–H and O–H groups in total. The molecule has 1 fully saturated rings. The van der Waals surface area contributed by atoms with Crippen LogP contribution in [0, 0.1) is 0 Å². The first-order chi connectivity index (χ1) is 11.0. The van der Waals surface area contributed by atoms with Crippen LogP contribution < -0.4 is 11.4 Å². The summed E-state index contributed by atoms with van der Waals surface area (Å²) in [5.74, 6) is -5.01. The van der Waals surface area contributed by atoms with E-state index in [-0.39, 0.29) is 5.82 Å². The highest BCUT2D eigenvalue weighted by Gasteiger charge is 2.59. The van der Waals surface area contributed by atoms with Crippen LogP contribution in [0.3, 0.4) is 0 Å². The van der Waals surface area contributed by atoms with Gasteiger partial charge in [-0.1, -0.05) is 0 Å². The van der Waals surface area contributed by atoms with Gasteiger partial charge in [-0.25, -0.2) is 9.59 Å². The lowest BCUT2D eigenvalue weighted by Crippen LogP contribution is -2.41. The molecule has 136 valence electrons. The molecular formula is C12H17F2N3O7. The molecule has 2 heterocycles. The average molecular weight is 353 g/mol. The second-order valence-corrected chi connectivity index (χ2v) is 4.89. The van der Waals surface area contributed by atoms with Crippen LogP contribution in [-0.2, 0) is 9.53 Å². The number of aliphatic hydroxyl groups excluding tert-OH is 3. The van der Waals surface area contributed by atoms with Crippen LogP contribution in [0.25, 0.3) is 0 Å². The summed E-state index contributed by atoms with van der Waals surface area (Å²) in [5.41, 5.74) is 4.21. The molecule has 4 atom stereocenters. The lowest BCUT2D eigenvalue weighted by atomic mass is 10.1. The maximum Gasteiger partial charge on any atom is 0.351 e. The fourth-order valence-corrected chi connectivity index (χ4v) is 1.72. The van der Waals surface area contributed by atoms with E-state index in [1.165, 1.54) is 6.92 Å². The Morgan fingerprint density at radius 1 is 1.58 bits per heavy atom. The lowest BCUT2D eigenvalue weighted by Gasteiger charge is -2.20. The minimum absolute atomic E-state index is 0.114. The van der Waals surface area contributed by atoms with Gasteiger partial charge in [-0.05, 0) is 13.0 Å². The number of aromatic nitrogens is 2. The average Bonchev–Trinajstić information content (AvgIpc) is 2.71. The molecule has 1 aliphatic heterocycles. The van der Waals surface area contributed by atoms with Crippen LogP contribution in [0.2, 0.25) is 0 Å². The monoisotopic (exact) mass is 353 g/mol. The number of anilines is 1. The molecule has 1 aromatic rings. The first-order valence-corrected chi connectivity index (χ1v) is 6.60. The Morgan fingerprint density at radius 3 is 2.50 bits per heavy atom. The minimum atomic E-state index is -3.71. The zero-order chi connectivity index (χ0) is 18.7. The summed E-state index contributed by atoms with van der Waals surface area (Å²) in [7, 11) is 0. The number of ether oxygens (including phenoxy) is 1. The standard InChI is InChI=1S/C9H11F2N3O4.C3H6O3/c10-9(11)6(16)4(3-15)18-7(9)14-2-1-5(12)13-8(14)17;1-2(4)3(5)6/h1-2,4,6-7,15-16H,3H2,(H2,12,13,17);2,4H,1H3,(H,5,6)/t4-,6-,7-;/m1./s1. The van der Waals surface area contributed by atoms with Crippen molar-refractivity contribution in [2.45, 2.75) is 37.4 Å². The number of aliphatic carboxylic acids is 1. The molecule has 0 aromatic carbocycles. The van der Waals surface area contributed by atoms with E-state index in [2.05, 4.69) is 4.98 Å². The third kappa shape index (κ3) is 4.23. The summed E-state index contributed by atoms with van der Waals surface area (Å²) in [4.78, 5) is 24.2. The molecule has 10 nitrogen and oxygen atoms in total. The SMILES string of the molecule is CC(O)C(=O)O.Nc1ccn([C@@H]2O[C@H](CO)[C@@H](O)C2(F)F)c(=O)n1. The number of hydrogen-bond acceptors (Lipinski definition) is 8. The predicted molar refractivity (Wildman–Crippen MR) is 74.2 cm³/mol. The molecule has 24 heavy (non-hydrogen) atoms. The Bertz CT molecular complexity index is 637.